The molecule has 0 fully saturated rings. The van der Waals surface area contributed by atoms with Crippen LogP contribution in [0.4, 0.5) is 0 Å². The van der Waals surface area contributed by atoms with Crippen molar-refractivity contribution in [1.82, 2.24) is 20.3 Å². The van der Waals surface area contributed by atoms with E-state index in [0.717, 1.165) is 28.6 Å². The first-order valence-corrected chi connectivity index (χ1v) is 6.68. The maximum absolute atomic E-state index is 11.9. The highest BCUT2D eigenvalue weighted by atomic mass is 16.1. The van der Waals surface area contributed by atoms with E-state index in [9.17, 15) is 4.79 Å². The van der Waals surface area contributed by atoms with Gasteiger partial charge in [0.25, 0.3) is 5.91 Å². The molecule has 0 aliphatic carbocycles. The fourth-order valence-corrected chi connectivity index (χ4v) is 2.23. The van der Waals surface area contributed by atoms with Crippen LogP contribution in [0.2, 0.25) is 0 Å². The number of hydrogen-bond acceptors (Lipinski definition) is 2. The Kier molecular flexibility index (Phi) is 3.25. The zero-order chi connectivity index (χ0) is 13.9. The number of nitrogens with zero attached hydrogens (tertiary/aromatic N) is 1. The lowest BCUT2D eigenvalue weighted by Gasteiger charge is -2.00. The number of rotatable bonds is 4. The van der Waals surface area contributed by atoms with Crippen LogP contribution < -0.4 is 5.32 Å². The Hall–Kier alpha value is -2.56. The highest BCUT2D eigenvalue weighted by Crippen LogP contribution is 2.27. The van der Waals surface area contributed by atoms with Crippen molar-refractivity contribution >= 4 is 16.9 Å². The van der Waals surface area contributed by atoms with Crippen LogP contribution >= 0.6 is 0 Å². The third kappa shape index (κ3) is 2.18. The molecule has 3 heterocycles. The van der Waals surface area contributed by atoms with E-state index in [2.05, 4.69) is 20.3 Å². The van der Waals surface area contributed by atoms with Crippen LogP contribution in [0.25, 0.3) is 22.2 Å². The summed E-state index contributed by atoms with van der Waals surface area (Å²) in [5, 5.41) is 3.91. The minimum atomic E-state index is -0.0718. The summed E-state index contributed by atoms with van der Waals surface area (Å²) in [6.07, 6.45) is 6.40. The summed E-state index contributed by atoms with van der Waals surface area (Å²) in [7, 11) is 0. The summed E-state index contributed by atoms with van der Waals surface area (Å²) >= 11 is 0. The van der Waals surface area contributed by atoms with Crippen LogP contribution in [0.3, 0.4) is 0 Å². The molecule has 0 saturated heterocycles. The predicted molar refractivity (Wildman–Crippen MR) is 80.6 cm³/mol. The van der Waals surface area contributed by atoms with Crippen molar-refractivity contribution < 1.29 is 6.22 Å². The Morgan fingerprint density at radius 3 is 3.15 bits per heavy atom. The van der Waals surface area contributed by atoms with Crippen LogP contribution in [-0.2, 0) is 0 Å². The predicted octanol–water partition coefficient (Wildman–Crippen LogP) is 2.94. The molecule has 0 aliphatic heterocycles. The van der Waals surface area contributed by atoms with Crippen LogP contribution in [-0.4, -0.2) is 27.4 Å². The minimum Gasteiger partial charge on any atom is -0.357 e. The van der Waals surface area contributed by atoms with Crippen molar-refractivity contribution in [1.29, 1.82) is 0 Å². The third-order valence-electron chi connectivity index (χ3n) is 3.23. The Balaban J connectivity index is 0.00000161. The van der Waals surface area contributed by atoms with Crippen molar-refractivity contribution in [3.05, 3.63) is 42.5 Å². The van der Waals surface area contributed by atoms with Gasteiger partial charge < -0.3 is 15.3 Å². The minimum absolute atomic E-state index is 0. The van der Waals surface area contributed by atoms with Gasteiger partial charge in [-0.05, 0) is 30.2 Å². The first-order chi connectivity index (χ1) is 9.79. The van der Waals surface area contributed by atoms with Gasteiger partial charge in [0.2, 0.25) is 0 Å². The van der Waals surface area contributed by atoms with Gasteiger partial charge >= 0.3 is 0 Å². The summed E-state index contributed by atoms with van der Waals surface area (Å²) in [6, 6.07) is 5.81. The van der Waals surface area contributed by atoms with Gasteiger partial charge in [-0.2, -0.15) is 0 Å². The van der Waals surface area contributed by atoms with Crippen molar-refractivity contribution in [2.45, 2.75) is 13.3 Å². The Labute approximate surface area is 117 Å². The second-order valence-electron chi connectivity index (χ2n) is 4.66. The summed E-state index contributed by atoms with van der Waals surface area (Å²) in [5.74, 6) is -0.0718. The average molecular weight is 270 g/mol. The number of H-pyrrole nitrogens is 2. The van der Waals surface area contributed by atoms with Gasteiger partial charge in [-0.25, -0.2) is 4.98 Å². The molecule has 3 N–H and O–H groups in total. The van der Waals surface area contributed by atoms with E-state index in [4.69, 9.17) is 0 Å². The molecule has 0 aliphatic rings. The maximum Gasteiger partial charge on any atom is 0.267 e. The second kappa shape index (κ2) is 5.21. The zero-order valence-electron chi connectivity index (χ0n) is 11.2. The van der Waals surface area contributed by atoms with E-state index < -0.39 is 0 Å². The number of pyridine rings is 1. The molecule has 3 aromatic heterocycles. The van der Waals surface area contributed by atoms with Gasteiger partial charge in [0.15, 0.2) is 0 Å². The number of carbonyl (C=O) groups is 1. The lowest BCUT2D eigenvalue weighted by Crippen LogP contribution is -2.24. The van der Waals surface area contributed by atoms with E-state index in [1.807, 2.05) is 37.5 Å². The molecule has 1 amide bonds. The smallest absolute Gasteiger partial charge is 0.267 e. The van der Waals surface area contributed by atoms with Crippen molar-refractivity contribution in [2.75, 3.05) is 6.54 Å². The van der Waals surface area contributed by atoms with Crippen LogP contribution in [0.1, 0.15) is 25.3 Å². The summed E-state index contributed by atoms with van der Waals surface area (Å²) in [4.78, 5) is 22.3. The molecule has 0 unspecified atom stereocenters. The van der Waals surface area contributed by atoms with Gasteiger partial charge in [0, 0.05) is 37.5 Å². The Morgan fingerprint density at radius 2 is 2.30 bits per heavy atom. The molecule has 3 aromatic rings. The number of carbonyl (C=O) groups excluding carboxylic acids is 1. The largest absolute Gasteiger partial charge is 0.357 e. The lowest BCUT2D eigenvalue weighted by atomic mass is 10.1. The molecular formula is C15H18N4O. The zero-order valence-corrected chi connectivity index (χ0v) is 11.2. The topological polar surface area (TPSA) is 73.6 Å². The van der Waals surface area contributed by atoms with Gasteiger partial charge in [-0.1, -0.05) is 6.92 Å². The first-order valence-electron chi connectivity index (χ1n) is 6.68. The van der Waals surface area contributed by atoms with E-state index in [-0.39, 0.29) is 7.33 Å². The summed E-state index contributed by atoms with van der Waals surface area (Å²) in [6.45, 7) is 2.71. The molecule has 0 bridgehead atoms. The molecule has 0 aromatic carbocycles. The quantitative estimate of drug-likeness (QED) is 0.682. The van der Waals surface area contributed by atoms with Crippen molar-refractivity contribution in [3.63, 3.8) is 0 Å². The molecule has 5 nitrogen and oxygen atoms in total. The highest BCUT2D eigenvalue weighted by molar-refractivity contribution is 5.97. The molecule has 0 spiro atoms. The number of hydrogen-bond donors (Lipinski definition) is 3. The lowest BCUT2D eigenvalue weighted by molar-refractivity contribution is 0.0949. The molecule has 20 heavy (non-hydrogen) atoms. The molecule has 0 radical (unpaired) electrons. The number of aromatic amines is 2. The van der Waals surface area contributed by atoms with Gasteiger partial charge in [0.05, 0.1) is 0 Å². The van der Waals surface area contributed by atoms with Crippen LogP contribution in [0.5, 0.6) is 0 Å². The molecule has 0 atom stereocenters. The molecule has 5 heteroatoms. The molecular weight excluding hydrogens is 252 g/mol. The van der Waals surface area contributed by atoms with Gasteiger partial charge in [-0.3, -0.25) is 4.79 Å². The SMILES string of the molecule is CCCNC(=O)c1cc(-c2ccnc3[nH]ccc23)c[nH]1.[HH]. The maximum atomic E-state index is 11.9. The second-order valence-corrected chi connectivity index (χ2v) is 4.66. The number of nitrogens with one attached hydrogen (secondary N) is 3. The first kappa shape index (κ1) is 12.5. The van der Waals surface area contributed by atoms with E-state index in [0.29, 0.717) is 12.2 Å². The van der Waals surface area contributed by atoms with Crippen LogP contribution in [0, 0.1) is 0 Å². The number of amides is 1. The number of fused-ring (bicyclic) bond motifs is 1. The van der Waals surface area contributed by atoms with E-state index in [1.165, 1.54) is 0 Å². The normalized spacial score (nSPS) is 10.8. The van der Waals surface area contributed by atoms with E-state index >= 15 is 0 Å². The van der Waals surface area contributed by atoms with Gasteiger partial charge in [-0.15, -0.1) is 0 Å². The Bertz CT molecular complexity index is 747. The monoisotopic (exact) mass is 270 g/mol. The molecule has 3 rings (SSSR count). The summed E-state index contributed by atoms with van der Waals surface area (Å²) < 4.78 is 0. The van der Waals surface area contributed by atoms with Crippen LogP contribution in [0.15, 0.2) is 36.8 Å². The standard InChI is InChI=1S/C15H16N4O.H2/c1-2-5-18-15(20)13-8-10(9-19-13)11-3-6-16-14-12(11)4-7-17-14;/h3-4,6-9,19H,2,5H2,1H3,(H,16,17)(H,18,20);1H. The molecule has 0 saturated carbocycles. The average Bonchev–Trinajstić information content (AvgIpc) is 3.12. The fourth-order valence-electron chi connectivity index (χ4n) is 2.23. The van der Waals surface area contributed by atoms with Gasteiger partial charge in [0.1, 0.15) is 11.3 Å². The highest BCUT2D eigenvalue weighted by Gasteiger charge is 2.11. The van der Waals surface area contributed by atoms with Crippen molar-refractivity contribution in [2.24, 2.45) is 0 Å². The fraction of sp³-hybridized carbons (Fsp3) is 0.200. The third-order valence-corrected chi connectivity index (χ3v) is 3.23. The van der Waals surface area contributed by atoms with E-state index in [1.54, 1.807) is 6.20 Å². The molecule has 104 valence electrons. The van der Waals surface area contributed by atoms with Crippen molar-refractivity contribution in [3.8, 4) is 11.1 Å². The summed E-state index contributed by atoms with van der Waals surface area (Å²) in [5.41, 5.74) is 3.47. The number of aromatic nitrogens is 3. The Morgan fingerprint density at radius 1 is 1.40 bits per heavy atom.